The Labute approximate surface area is 268 Å². The Balaban J connectivity index is 0.940. The molecule has 2 heterocycles. The number of hydrogen-bond donors (Lipinski definition) is 1. The Hall–Kier alpha value is -1.33. The maximum Gasteiger partial charge on any atom is 0.311 e. The van der Waals surface area contributed by atoms with Crippen LogP contribution in [0, 0.1) is 29.1 Å². The minimum atomic E-state index is -0.714. The van der Waals surface area contributed by atoms with Crippen LogP contribution < -0.4 is 0 Å². The number of allylic oxidation sites excluding steroid dienone is 3. The third-order valence-electron chi connectivity index (χ3n) is 12.8. The maximum atomic E-state index is 13.0. The van der Waals surface area contributed by atoms with Crippen molar-refractivity contribution in [3.8, 4) is 0 Å². The molecular weight excluding hydrogens is 546 g/mol. The Morgan fingerprint density at radius 2 is 1.57 bits per heavy atom. The molecule has 4 unspecified atom stereocenters. The van der Waals surface area contributed by atoms with E-state index in [1.807, 2.05) is 6.08 Å². The first kappa shape index (κ1) is 32.6. The van der Waals surface area contributed by atoms with E-state index in [9.17, 15) is 9.90 Å². The molecule has 2 saturated heterocycles. The number of carbonyl (C=O) groups excluding carboxylic acids is 1. The number of ether oxygens (including phenoxy) is 2. The number of esters is 1. The molecule has 0 aromatic heterocycles. The standard InChI is InChI=1S/C39H63NO4/c1-3-4-5-6-7-8-9-10-11-12-13-14-15-16-17-18-34(41)43-32-22-21-31-27-33-39(42)24-23-29(2)37-38(39,35(31)36(32)44-37)25-26-40(33)28-30-19-20-30/h21-22,29-31,33,35,37,42H,3-20,23-28H2,1-2H3/t29?,31?,33?,35?,37-,38-,39+/m0/s1. The van der Waals surface area contributed by atoms with Gasteiger partial charge in [0.2, 0.25) is 0 Å². The van der Waals surface area contributed by atoms with E-state index in [0.717, 1.165) is 63.3 Å². The topological polar surface area (TPSA) is 59.0 Å². The van der Waals surface area contributed by atoms with Crippen LogP contribution in [0.1, 0.15) is 155 Å². The first-order valence-electron chi connectivity index (χ1n) is 19.2. The summed E-state index contributed by atoms with van der Waals surface area (Å²) in [5, 5.41) is 12.6. The molecule has 2 bridgehead atoms. The van der Waals surface area contributed by atoms with E-state index in [1.54, 1.807) is 0 Å². The zero-order valence-corrected chi connectivity index (χ0v) is 28.2. The van der Waals surface area contributed by atoms with Crippen molar-refractivity contribution in [3.05, 3.63) is 23.7 Å². The van der Waals surface area contributed by atoms with Crippen LogP contribution in [0.3, 0.4) is 0 Å². The van der Waals surface area contributed by atoms with Crippen molar-refractivity contribution in [2.75, 3.05) is 13.1 Å². The van der Waals surface area contributed by atoms with Crippen LogP contribution in [-0.4, -0.2) is 46.8 Å². The molecule has 2 aliphatic heterocycles. The van der Waals surface area contributed by atoms with Crippen molar-refractivity contribution >= 4 is 5.97 Å². The highest BCUT2D eigenvalue weighted by atomic mass is 16.6. The lowest BCUT2D eigenvalue weighted by atomic mass is 9.43. The van der Waals surface area contributed by atoms with Gasteiger partial charge >= 0.3 is 5.97 Å². The number of hydrogen-bond acceptors (Lipinski definition) is 5. The average Bonchev–Trinajstić information content (AvgIpc) is 3.76. The van der Waals surface area contributed by atoms with Gasteiger partial charge in [-0.3, -0.25) is 9.69 Å². The fourth-order valence-corrected chi connectivity index (χ4v) is 10.2. The fraction of sp³-hybridized carbons (Fsp3) is 0.872. The van der Waals surface area contributed by atoms with Crippen LogP contribution >= 0.6 is 0 Å². The predicted octanol–water partition coefficient (Wildman–Crippen LogP) is 9.24. The fourth-order valence-electron chi connectivity index (χ4n) is 10.2. The van der Waals surface area contributed by atoms with Gasteiger partial charge in [0.15, 0.2) is 5.76 Å². The summed E-state index contributed by atoms with van der Waals surface area (Å²) in [5.74, 6) is 3.11. The maximum absolute atomic E-state index is 13.0. The quantitative estimate of drug-likeness (QED) is 0.117. The smallest absolute Gasteiger partial charge is 0.311 e. The first-order valence-corrected chi connectivity index (χ1v) is 19.2. The van der Waals surface area contributed by atoms with Crippen LogP contribution in [0.2, 0.25) is 0 Å². The highest BCUT2D eigenvalue weighted by molar-refractivity contribution is 5.71. The van der Waals surface area contributed by atoms with Gasteiger partial charge in [-0.05, 0) is 75.3 Å². The molecule has 7 atom stereocenters. The normalized spacial score (nSPS) is 35.5. The molecule has 0 aromatic rings. The molecule has 0 amide bonds. The van der Waals surface area contributed by atoms with E-state index in [1.165, 1.54) is 96.3 Å². The molecule has 0 radical (unpaired) electrons. The van der Waals surface area contributed by atoms with Crippen molar-refractivity contribution in [1.29, 1.82) is 0 Å². The van der Waals surface area contributed by atoms with Crippen molar-refractivity contribution in [3.63, 3.8) is 0 Å². The third kappa shape index (κ3) is 6.57. The highest BCUT2D eigenvalue weighted by Gasteiger charge is 2.76. The summed E-state index contributed by atoms with van der Waals surface area (Å²) in [6.07, 6.45) is 31.2. The monoisotopic (exact) mass is 609 g/mol. The lowest BCUT2D eigenvalue weighted by Gasteiger charge is -2.67. The van der Waals surface area contributed by atoms with Crippen molar-refractivity contribution in [2.45, 2.75) is 173 Å². The minimum absolute atomic E-state index is 0.0128. The number of piperidine rings is 1. The van der Waals surface area contributed by atoms with Crippen LogP contribution in [0.25, 0.3) is 0 Å². The van der Waals surface area contributed by atoms with Crippen LogP contribution in [0.5, 0.6) is 0 Å². The minimum Gasteiger partial charge on any atom is -0.490 e. The zero-order chi connectivity index (χ0) is 30.6. The van der Waals surface area contributed by atoms with Crippen molar-refractivity contribution in [2.24, 2.45) is 29.1 Å². The summed E-state index contributed by atoms with van der Waals surface area (Å²) in [4.78, 5) is 15.6. The number of aliphatic hydroxyl groups is 1. The van der Waals surface area contributed by atoms with Crippen LogP contribution in [0.15, 0.2) is 23.7 Å². The number of rotatable bonds is 19. The molecule has 6 aliphatic rings. The molecule has 1 N–H and O–H groups in total. The van der Waals surface area contributed by atoms with E-state index in [2.05, 4.69) is 24.8 Å². The Bertz CT molecular complexity index is 1030. The van der Waals surface area contributed by atoms with Gasteiger partial charge in [-0.2, -0.15) is 0 Å². The Morgan fingerprint density at radius 1 is 0.932 bits per heavy atom. The summed E-state index contributed by atoms with van der Waals surface area (Å²) in [5.41, 5.74) is -0.973. The predicted molar refractivity (Wildman–Crippen MR) is 177 cm³/mol. The van der Waals surface area contributed by atoms with Crippen molar-refractivity contribution in [1.82, 2.24) is 4.90 Å². The third-order valence-corrected chi connectivity index (χ3v) is 12.8. The van der Waals surface area contributed by atoms with E-state index in [4.69, 9.17) is 9.47 Å². The number of carbonyl (C=O) groups is 1. The van der Waals surface area contributed by atoms with E-state index in [-0.39, 0.29) is 29.4 Å². The van der Waals surface area contributed by atoms with E-state index < -0.39 is 5.60 Å². The van der Waals surface area contributed by atoms with Gasteiger partial charge in [-0.1, -0.05) is 110 Å². The van der Waals surface area contributed by atoms with E-state index in [0.29, 0.717) is 24.0 Å². The molecule has 5 fully saturated rings. The van der Waals surface area contributed by atoms with Gasteiger partial charge < -0.3 is 14.6 Å². The average molecular weight is 610 g/mol. The van der Waals surface area contributed by atoms with E-state index >= 15 is 0 Å². The van der Waals surface area contributed by atoms with Crippen LogP contribution in [0.4, 0.5) is 0 Å². The zero-order valence-electron chi connectivity index (χ0n) is 28.2. The molecule has 1 spiro atoms. The number of unbranched alkanes of at least 4 members (excludes halogenated alkanes) is 14. The summed E-state index contributed by atoms with van der Waals surface area (Å²) < 4.78 is 12.9. The Morgan fingerprint density at radius 3 is 2.20 bits per heavy atom. The SMILES string of the molecule is CCCCCCCCCCCCCCCCCC(=O)OC1=C2O[C@H]3C(C)CC[C@@]4(O)C5CC(C=C1)C2[C@@]34CCN5CC1CC1. The molecule has 0 aromatic carbocycles. The second kappa shape index (κ2) is 14.6. The van der Waals surface area contributed by atoms with Crippen molar-refractivity contribution < 1.29 is 19.4 Å². The second-order valence-electron chi connectivity index (χ2n) is 15.9. The van der Waals surface area contributed by atoms with Gasteiger partial charge in [0.1, 0.15) is 11.9 Å². The van der Waals surface area contributed by atoms with Gasteiger partial charge in [0.05, 0.1) is 5.60 Å². The number of likely N-dealkylation sites (tertiary alicyclic amines) is 1. The van der Waals surface area contributed by atoms with Gasteiger partial charge in [0, 0.05) is 30.3 Å². The molecule has 6 rings (SSSR count). The number of nitrogens with zero attached hydrogens (tertiary/aromatic N) is 1. The first-order chi connectivity index (χ1) is 21.5. The summed E-state index contributed by atoms with van der Waals surface area (Å²) in [6, 6.07) is 0.218. The molecule has 5 nitrogen and oxygen atoms in total. The van der Waals surface area contributed by atoms with Gasteiger partial charge in [-0.15, -0.1) is 0 Å². The lowest BCUT2D eigenvalue weighted by molar-refractivity contribution is -0.259. The van der Waals surface area contributed by atoms with Gasteiger partial charge in [-0.25, -0.2) is 0 Å². The molecule has 5 heteroatoms. The molecule has 4 aliphatic carbocycles. The summed E-state index contributed by atoms with van der Waals surface area (Å²) in [6.45, 7) is 6.80. The largest absolute Gasteiger partial charge is 0.490 e. The highest BCUT2D eigenvalue weighted by Crippen LogP contribution is 2.70. The second-order valence-corrected chi connectivity index (χ2v) is 15.9. The molecule has 44 heavy (non-hydrogen) atoms. The van der Waals surface area contributed by atoms with Crippen LogP contribution in [-0.2, 0) is 14.3 Å². The molecular formula is C39H63NO4. The lowest BCUT2D eigenvalue weighted by Crippen LogP contribution is -2.76. The molecule has 248 valence electrons. The Kier molecular flexibility index (Phi) is 10.8. The summed E-state index contributed by atoms with van der Waals surface area (Å²) >= 11 is 0. The van der Waals surface area contributed by atoms with Gasteiger partial charge in [0.25, 0.3) is 0 Å². The molecule has 3 saturated carbocycles. The summed E-state index contributed by atoms with van der Waals surface area (Å²) in [7, 11) is 0.